The molecule has 5 rings (SSSR count). The second kappa shape index (κ2) is 9.31. The highest BCUT2D eigenvalue weighted by Gasteiger charge is 2.32. The molecule has 2 fully saturated rings. The molecule has 7 nitrogen and oxygen atoms in total. The largest absolute Gasteiger partial charge is 0.354 e. The highest BCUT2D eigenvalue weighted by molar-refractivity contribution is 6.30. The predicted octanol–water partition coefficient (Wildman–Crippen LogP) is 3.82. The summed E-state index contributed by atoms with van der Waals surface area (Å²) in [6, 6.07) is 10.3. The summed E-state index contributed by atoms with van der Waals surface area (Å²) in [5.41, 5.74) is 2.79. The summed E-state index contributed by atoms with van der Waals surface area (Å²) in [4.78, 5) is 24.8. The molecule has 0 bridgehead atoms. The molecule has 4 heterocycles. The van der Waals surface area contributed by atoms with Gasteiger partial charge < -0.3 is 9.80 Å². The van der Waals surface area contributed by atoms with Crippen LogP contribution in [0.1, 0.15) is 26.7 Å². The van der Waals surface area contributed by atoms with Crippen molar-refractivity contribution in [3.05, 3.63) is 47.7 Å². The van der Waals surface area contributed by atoms with Crippen molar-refractivity contribution in [2.45, 2.75) is 32.7 Å². The Morgan fingerprint density at radius 3 is 2.70 bits per heavy atom. The van der Waals surface area contributed by atoms with Crippen LogP contribution < -0.4 is 4.90 Å². The molecule has 2 aromatic heterocycles. The zero-order valence-electron chi connectivity index (χ0n) is 19.3. The van der Waals surface area contributed by atoms with Crippen LogP contribution in [0.15, 0.2) is 42.7 Å². The molecule has 0 aliphatic carbocycles. The summed E-state index contributed by atoms with van der Waals surface area (Å²) in [6.45, 7) is 9.62. The monoisotopic (exact) mass is 466 g/mol. The Morgan fingerprint density at radius 2 is 1.94 bits per heavy atom. The van der Waals surface area contributed by atoms with Gasteiger partial charge in [-0.2, -0.15) is 5.10 Å². The predicted molar refractivity (Wildman–Crippen MR) is 132 cm³/mol. The van der Waals surface area contributed by atoms with E-state index in [4.69, 9.17) is 21.7 Å². The number of amides is 1. The third kappa shape index (κ3) is 4.57. The number of anilines is 1. The number of hydrogen-bond acceptors (Lipinski definition) is 5. The first-order valence-corrected chi connectivity index (χ1v) is 12.3. The minimum Gasteiger partial charge on any atom is -0.354 e. The third-order valence-electron chi connectivity index (χ3n) is 6.92. The van der Waals surface area contributed by atoms with Crippen molar-refractivity contribution in [1.82, 2.24) is 24.4 Å². The molecule has 0 spiro atoms. The number of nitrogens with zero attached hydrogens (tertiary/aromatic N) is 6. The van der Waals surface area contributed by atoms with E-state index in [0.717, 1.165) is 68.2 Å². The van der Waals surface area contributed by atoms with Crippen LogP contribution in [0, 0.1) is 5.92 Å². The molecule has 1 aromatic carbocycles. The summed E-state index contributed by atoms with van der Waals surface area (Å²) in [6.07, 6.45) is 5.58. The van der Waals surface area contributed by atoms with Crippen molar-refractivity contribution < 1.29 is 4.79 Å². The van der Waals surface area contributed by atoms with Crippen molar-refractivity contribution in [1.29, 1.82) is 0 Å². The minimum atomic E-state index is 0.0155. The molecule has 1 amide bonds. The van der Waals surface area contributed by atoms with Gasteiger partial charge in [0.05, 0.1) is 11.6 Å². The van der Waals surface area contributed by atoms with Gasteiger partial charge in [0.2, 0.25) is 5.91 Å². The van der Waals surface area contributed by atoms with Crippen molar-refractivity contribution in [2.24, 2.45) is 5.92 Å². The average Bonchev–Trinajstić information content (AvgIpc) is 3.28. The number of carbonyl (C=O) groups excluding carboxylic acids is 1. The van der Waals surface area contributed by atoms with Crippen LogP contribution in [0.2, 0.25) is 5.02 Å². The molecule has 2 saturated heterocycles. The van der Waals surface area contributed by atoms with Crippen LogP contribution in [-0.2, 0) is 4.79 Å². The van der Waals surface area contributed by atoms with E-state index in [-0.39, 0.29) is 5.92 Å². The molecular formula is C25H31ClN6O. The lowest BCUT2D eigenvalue weighted by Crippen LogP contribution is -2.53. The number of carbonyl (C=O) groups is 1. The SMILES string of the molecule is CC(C)N1CCN(C(=O)C2CCCN(c3nccn4nc(-c5cccc(Cl)c5)cc34)C2)CC1. The molecule has 1 atom stereocenters. The Balaban J connectivity index is 1.34. The van der Waals surface area contributed by atoms with Gasteiger partial charge in [0, 0.05) is 68.3 Å². The standard InChI is InChI=1S/C25H31ClN6O/c1-18(2)29-11-13-30(14-12-29)25(33)20-6-4-9-31(17-20)24-23-16-22(28-32(23)10-8-27-24)19-5-3-7-21(26)15-19/h3,5,7-8,10,15-16,18,20H,4,6,9,11-14,17H2,1-2H3. The number of hydrogen-bond donors (Lipinski definition) is 0. The smallest absolute Gasteiger partial charge is 0.227 e. The van der Waals surface area contributed by atoms with Crippen LogP contribution in [0.25, 0.3) is 16.8 Å². The van der Waals surface area contributed by atoms with Gasteiger partial charge in [0.1, 0.15) is 5.52 Å². The lowest BCUT2D eigenvalue weighted by molar-refractivity contribution is -0.137. The summed E-state index contributed by atoms with van der Waals surface area (Å²) < 4.78 is 1.87. The highest BCUT2D eigenvalue weighted by atomic mass is 35.5. The van der Waals surface area contributed by atoms with E-state index in [0.29, 0.717) is 23.5 Å². The fraction of sp³-hybridized carbons (Fsp3) is 0.480. The fourth-order valence-electron chi connectivity index (χ4n) is 5.03. The topological polar surface area (TPSA) is 57.0 Å². The molecule has 2 aliphatic rings. The number of piperidine rings is 1. The van der Waals surface area contributed by atoms with Crippen molar-refractivity contribution >= 4 is 28.8 Å². The number of halogens is 1. The molecular weight excluding hydrogens is 436 g/mol. The normalized spacial score (nSPS) is 20.1. The van der Waals surface area contributed by atoms with E-state index < -0.39 is 0 Å². The quantitative estimate of drug-likeness (QED) is 0.585. The minimum absolute atomic E-state index is 0.0155. The van der Waals surface area contributed by atoms with E-state index in [1.54, 1.807) is 6.20 Å². The van der Waals surface area contributed by atoms with Gasteiger partial charge in [-0.1, -0.05) is 23.7 Å². The summed E-state index contributed by atoms with van der Waals surface area (Å²) in [5, 5.41) is 5.43. The number of fused-ring (bicyclic) bond motifs is 1. The van der Waals surface area contributed by atoms with Crippen LogP contribution in [-0.4, -0.2) is 75.6 Å². The van der Waals surface area contributed by atoms with E-state index >= 15 is 0 Å². The molecule has 0 radical (unpaired) electrons. The van der Waals surface area contributed by atoms with E-state index in [1.807, 2.05) is 35.0 Å². The van der Waals surface area contributed by atoms with Gasteiger partial charge in [-0.15, -0.1) is 0 Å². The van der Waals surface area contributed by atoms with E-state index in [1.165, 1.54) is 0 Å². The van der Waals surface area contributed by atoms with Gasteiger partial charge in [0.25, 0.3) is 0 Å². The van der Waals surface area contributed by atoms with Gasteiger partial charge in [-0.05, 0) is 44.9 Å². The maximum atomic E-state index is 13.3. The second-order valence-electron chi connectivity index (χ2n) is 9.36. The van der Waals surface area contributed by atoms with E-state index in [2.05, 4.69) is 34.6 Å². The van der Waals surface area contributed by atoms with Crippen LogP contribution in [0.4, 0.5) is 5.82 Å². The van der Waals surface area contributed by atoms with E-state index in [9.17, 15) is 4.79 Å². The molecule has 3 aromatic rings. The Labute approximate surface area is 199 Å². The first-order chi connectivity index (χ1) is 16.0. The lowest BCUT2D eigenvalue weighted by Gasteiger charge is -2.40. The van der Waals surface area contributed by atoms with Gasteiger partial charge in [-0.25, -0.2) is 9.50 Å². The second-order valence-corrected chi connectivity index (χ2v) is 9.80. The highest BCUT2D eigenvalue weighted by Crippen LogP contribution is 2.30. The molecule has 8 heteroatoms. The number of benzene rings is 1. The van der Waals surface area contributed by atoms with Gasteiger partial charge in [0.15, 0.2) is 5.82 Å². The Hall–Kier alpha value is -2.64. The maximum absolute atomic E-state index is 13.3. The van der Waals surface area contributed by atoms with Gasteiger partial charge in [-0.3, -0.25) is 9.69 Å². The average molecular weight is 467 g/mol. The van der Waals surface area contributed by atoms with Gasteiger partial charge >= 0.3 is 0 Å². The van der Waals surface area contributed by atoms with Crippen molar-refractivity contribution in [2.75, 3.05) is 44.2 Å². The van der Waals surface area contributed by atoms with Crippen molar-refractivity contribution in [3.63, 3.8) is 0 Å². The van der Waals surface area contributed by atoms with Crippen LogP contribution in [0.5, 0.6) is 0 Å². The first kappa shape index (κ1) is 22.2. The molecule has 2 aliphatic heterocycles. The van der Waals surface area contributed by atoms with Crippen molar-refractivity contribution in [3.8, 4) is 11.3 Å². The molecule has 0 N–H and O–H groups in total. The fourth-order valence-corrected chi connectivity index (χ4v) is 5.22. The maximum Gasteiger partial charge on any atom is 0.227 e. The number of aromatic nitrogens is 3. The van der Waals surface area contributed by atoms with Crippen LogP contribution >= 0.6 is 11.6 Å². The summed E-state index contributed by atoms with van der Waals surface area (Å²) >= 11 is 6.19. The number of rotatable bonds is 4. The van der Waals surface area contributed by atoms with Crippen LogP contribution in [0.3, 0.4) is 0 Å². The molecule has 33 heavy (non-hydrogen) atoms. The molecule has 174 valence electrons. The molecule has 0 saturated carbocycles. The zero-order valence-corrected chi connectivity index (χ0v) is 20.1. The Kier molecular flexibility index (Phi) is 6.25. The number of piperazine rings is 1. The Morgan fingerprint density at radius 1 is 1.12 bits per heavy atom. The Bertz CT molecular complexity index is 1140. The first-order valence-electron chi connectivity index (χ1n) is 11.9. The summed E-state index contributed by atoms with van der Waals surface area (Å²) in [5.74, 6) is 1.20. The zero-order chi connectivity index (χ0) is 22.9. The summed E-state index contributed by atoms with van der Waals surface area (Å²) in [7, 11) is 0. The third-order valence-corrected chi connectivity index (χ3v) is 7.15. The molecule has 1 unspecified atom stereocenters. The lowest BCUT2D eigenvalue weighted by atomic mass is 9.96.